The lowest BCUT2D eigenvalue weighted by molar-refractivity contribution is 0.0609. The van der Waals surface area contributed by atoms with Gasteiger partial charge in [-0.05, 0) is 56.5 Å². The average molecular weight is 520 g/mol. The fraction of sp³-hybridized carbons (Fsp3) is 0.345. The van der Waals surface area contributed by atoms with Gasteiger partial charge in [0.1, 0.15) is 0 Å². The predicted molar refractivity (Wildman–Crippen MR) is 148 cm³/mol. The third-order valence-corrected chi connectivity index (χ3v) is 7.11. The molecule has 0 saturated heterocycles. The molecule has 0 aliphatic carbocycles. The molecule has 8 heteroatoms. The number of benzene rings is 2. The highest BCUT2D eigenvalue weighted by atomic mass is 35.5. The quantitative estimate of drug-likeness (QED) is 0.337. The molecule has 0 saturated carbocycles. The Balaban J connectivity index is 1.94. The van der Waals surface area contributed by atoms with Crippen LogP contribution in [0.1, 0.15) is 59.2 Å². The van der Waals surface area contributed by atoms with Crippen molar-refractivity contribution in [3.63, 3.8) is 0 Å². The summed E-state index contributed by atoms with van der Waals surface area (Å²) in [5.74, 6) is -0.0969. The van der Waals surface area contributed by atoms with E-state index in [1.165, 1.54) is 4.52 Å². The zero-order chi connectivity index (χ0) is 26.7. The number of halogens is 1. The van der Waals surface area contributed by atoms with Crippen LogP contribution in [0, 0.1) is 19.8 Å². The number of fused-ring (bicyclic) bond motifs is 1. The molecule has 37 heavy (non-hydrogen) atoms. The van der Waals surface area contributed by atoms with Gasteiger partial charge in [-0.15, -0.1) is 0 Å². The summed E-state index contributed by atoms with van der Waals surface area (Å²) in [7, 11) is 0. The van der Waals surface area contributed by atoms with E-state index >= 15 is 0 Å². The molecular weight excluding hydrogens is 486 g/mol. The second kappa shape index (κ2) is 11.3. The van der Waals surface area contributed by atoms with Crippen molar-refractivity contribution in [3.05, 3.63) is 104 Å². The lowest BCUT2D eigenvalue weighted by Crippen LogP contribution is -2.42. The molecule has 4 aromatic rings. The van der Waals surface area contributed by atoms with Crippen LogP contribution in [-0.2, 0) is 6.54 Å². The minimum atomic E-state index is -0.395. The zero-order valence-corrected chi connectivity index (χ0v) is 22.6. The topological polar surface area (TPSA) is 85.6 Å². The first kappa shape index (κ1) is 26.6. The van der Waals surface area contributed by atoms with E-state index in [0.717, 1.165) is 16.8 Å². The number of carbonyl (C=O) groups excluding carboxylic acids is 1. The SMILES string of the molecule is Cc1ccc(C(=O)N(CCCN)[C@H](c2cc3c(Cl)c(C)nn3c(=O)n2Cc2ccccc2)C(C)C)cc1. The monoisotopic (exact) mass is 519 g/mol. The van der Waals surface area contributed by atoms with Gasteiger partial charge in [-0.3, -0.25) is 9.36 Å². The molecule has 0 bridgehead atoms. The van der Waals surface area contributed by atoms with E-state index < -0.39 is 6.04 Å². The first-order valence-corrected chi connectivity index (χ1v) is 13.0. The van der Waals surface area contributed by atoms with Crippen molar-refractivity contribution >= 4 is 23.0 Å². The molecule has 4 rings (SSSR count). The third kappa shape index (κ3) is 5.48. The van der Waals surface area contributed by atoms with Gasteiger partial charge in [-0.1, -0.05) is 73.5 Å². The molecule has 2 aromatic heterocycles. The van der Waals surface area contributed by atoms with Crippen molar-refractivity contribution in [3.8, 4) is 0 Å². The van der Waals surface area contributed by atoms with Gasteiger partial charge in [0.2, 0.25) is 0 Å². The van der Waals surface area contributed by atoms with Crippen LogP contribution in [0.2, 0.25) is 5.02 Å². The maximum Gasteiger partial charge on any atom is 0.349 e. The molecule has 1 atom stereocenters. The molecule has 2 N–H and O–H groups in total. The molecule has 0 radical (unpaired) electrons. The molecule has 0 spiro atoms. The summed E-state index contributed by atoms with van der Waals surface area (Å²) in [5.41, 5.74) is 10.1. The van der Waals surface area contributed by atoms with Crippen LogP contribution in [0.25, 0.3) is 5.52 Å². The van der Waals surface area contributed by atoms with Gasteiger partial charge in [0.15, 0.2) is 0 Å². The number of nitrogens with zero attached hydrogens (tertiary/aromatic N) is 4. The summed E-state index contributed by atoms with van der Waals surface area (Å²) in [6.07, 6.45) is 0.637. The number of nitrogens with two attached hydrogens (primary N) is 1. The van der Waals surface area contributed by atoms with E-state index in [1.54, 1.807) is 11.5 Å². The number of aryl methyl sites for hydroxylation is 2. The molecule has 194 valence electrons. The Morgan fingerprint density at radius 1 is 1.08 bits per heavy atom. The minimum Gasteiger partial charge on any atom is -0.330 e. The first-order valence-electron chi connectivity index (χ1n) is 12.6. The molecule has 7 nitrogen and oxygen atoms in total. The van der Waals surface area contributed by atoms with Crippen LogP contribution < -0.4 is 11.4 Å². The molecule has 0 unspecified atom stereocenters. The number of rotatable bonds is 9. The highest BCUT2D eigenvalue weighted by Crippen LogP contribution is 2.32. The van der Waals surface area contributed by atoms with Crippen LogP contribution in [0.4, 0.5) is 0 Å². The molecule has 2 aromatic carbocycles. The second-order valence-corrected chi connectivity index (χ2v) is 10.2. The maximum atomic E-state index is 13.9. The van der Waals surface area contributed by atoms with Gasteiger partial charge in [0.05, 0.1) is 28.8 Å². The zero-order valence-electron chi connectivity index (χ0n) is 21.8. The van der Waals surface area contributed by atoms with E-state index in [1.807, 2.05) is 72.5 Å². The van der Waals surface area contributed by atoms with E-state index in [-0.39, 0.29) is 17.5 Å². The highest BCUT2D eigenvalue weighted by Gasteiger charge is 2.32. The minimum absolute atomic E-state index is 0.00107. The summed E-state index contributed by atoms with van der Waals surface area (Å²) < 4.78 is 3.07. The van der Waals surface area contributed by atoms with Gasteiger partial charge in [0, 0.05) is 17.8 Å². The lowest BCUT2D eigenvalue weighted by atomic mass is 9.96. The highest BCUT2D eigenvalue weighted by molar-refractivity contribution is 6.34. The molecule has 0 fully saturated rings. The Kier molecular flexibility index (Phi) is 8.15. The standard InChI is InChI=1S/C29H34ClN5O2/c1-19(2)27(33(16-8-15-31)28(36)23-13-11-20(3)12-14-23)25-17-24-26(30)21(4)32-35(24)29(37)34(25)18-22-9-6-5-7-10-22/h5-7,9-14,17,19,27H,8,15-16,18,31H2,1-4H3/t27-/m0/s1. The number of hydrogen-bond acceptors (Lipinski definition) is 4. The van der Waals surface area contributed by atoms with Crippen molar-refractivity contribution in [2.24, 2.45) is 11.7 Å². The van der Waals surface area contributed by atoms with E-state index in [9.17, 15) is 9.59 Å². The third-order valence-electron chi connectivity index (χ3n) is 6.65. The van der Waals surface area contributed by atoms with Crippen molar-refractivity contribution in [2.45, 2.75) is 46.7 Å². The Morgan fingerprint density at radius 3 is 2.38 bits per heavy atom. The largest absolute Gasteiger partial charge is 0.349 e. The van der Waals surface area contributed by atoms with Gasteiger partial charge in [0.25, 0.3) is 5.91 Å². The molecular formula is C29H34ClN5O2. The Hall–Kier alpha value is -3.42. The lowest BCUT2D eigenvalue weighted by Gasteiger charge is -2.36. The van der Waals surface area contributed by atoms with Crippen LogP contribution in [0.5, 0.6) is 0 Å². The summed E-state index contributed by atoms with van der Waals surface area (Å²) in [6.45, 7) is 9.15. The molecule has 2 heterocycles. The summed E-state index contributed by atoms with van der Waals surface area (Å²) in [4.78, 5) is 29.6. The predicted octanol–water partition coefficient (Wildman–Crippen LogP) is 5.00. The maximum absolute atomic E-state index is 13.9. The van der Waals surface area contributed by atoms with Crippen molar-refractivity contribution in [1.82, 2.24) is 19.1 Å². The Bertz CT molecular complexity index is 1440. The number of aromatic nitrogens is 3. The normalized spacial score (nSPS) is 12.3. The molecule has 1 amide bonds. The van der Waals surface area contributed by atoms with Gasteiger partial charge in [-0.2, -0.15) is 9.61 Å². The number of hydrogen-bond donors (Lipinski definition) is 1. The summed E-state index contributed by atoms with van der Waals surface area (Å²) >= 11 is 6.59. The first-order chi connectivity index (χ1) is 17.7. The van der Waals surface area contributed by atoms with Crippen LogP contribution >= 0.6 is 11.6 Å². The van der Waals surface area contributed by atoms with Gasteiger partial charge < -0.3 is 10.6 Å². The van der Waals surface area contributed by atoms with Gasteiger partial charge >= 0.3 is 5.69 Å². The van der Waals surface area contributed by atoms with E-state index in [2.05, 4.69) is 18.9 Å². The summed E-state index contributed by atoms with van der Waals surface area (Å²) in [5, 5.41) is 4.84. The van der Waals surface area contributed by atoms with Crippen LogP contribution in [0.3, 0.4) is 0 Å². The van der Waals surface area contributed by atoms with Crippen molar-refractivity contribution in [2.75, 3.05) is 13.1 Å². The van der Waals surface area contributed by atoms with Crippen LogP contribution in [-0.4, -0.2) is 38.1 Å². The smallest absolute Gasteiger partial charge is 0.330 e. The molecule has 0 aliphatic rings. The average Bonchev–Trinajstić information content (AvgIpc) is 3.17. The van der Waals surface area contributed by atoms with E-state index in [0.29, 0.717) is 47.9 Å². The Morgan fingerprint density at radius 2 is 1.76 bits per heavy atom. The van der Waals surface area contributed by atoms with Crippen molar-refractivity contribution in [1.29, 1.82) is 0 Å². The fourth-order valence-electron chi connectivity index (χ4n) is 4.76. The second-order valence-electron chi connectivity index (χ2n) is 9.82. The van der Waals surface area contributed by atoms with Crippen molar-refractivity contribution < 1.29 is 4.79 Å². The van der Waals surface area contributed by atoms with E-state index in [4.69, 9.17) is 17.3 Å². The number of amides is 1. The Labute approximate surface area is 222 Å². The molecule has 0 aliphatic heterocycles. The fourth-order valence-corrected chi connectivity index (χ4v) is 4.93. The number of carbonyl (C=O) groups is 1. The van der Waals surface area contributed by atoms with Crippen LogP contribution in [0.15, 0.2) is 65.5 Å². The summed E-state index contributed by atoms with van der Waals surface area (Å²) in [6, 6.07) is 18.9. The van der Waals surface area contributed by atoms with Gasteiger partial charge in [-0.25, -0.2) is 4.79 Å².